The van der Waals surface area contributed by atoms with E-state index in [0.29, 0.717) is 66.0 Å². The molecule has 4 aromatic heterocycles. The number of pyridine rings is 1. The Hall–Kier alpha value is -4.06. The maximum absolute atomic E-state index is 12.8. The molecule has 12 nitrogen and oxygen atoms in total. The van der Waals surface area contributed by atoms with Crippen LogP contribution in [0.5, 0.6) is 11.6 Å². The summed E-state index contributed by atoms with van der Waals surface area (Å²) in [5.41, 5.74) is 3.08. The first-order valence-corrected chi connectivity index (χ1v) is 11.2. The molecule has 182 valence electrons. The van der Waals surface area contributed by atoms with E-state index in [1.807, 2.05) is 11.0 Å². The molecule has 35 heavy (non-hydrogen) atoms. The van der Waals surface area contributed by atoms with Crippen LogP contribution in [0.1, 0.15) is 33.9 Å². The molecule has 0 saturated carbocycles. The molecule has 1 amide bonds. The summed E-state index contributed by atoms with van der Waals surface area (Å²) in [5, 5.41) is 16.8. The minimum Gasteiger partial charge on any atom is -0.491 e. The summed E-state index contributed by atoms with van der Waals surface area (Å²) in [6.45, 7) is 3.88. The van der Waals surface area contributed by atoms with Crippen LogP contribution in [0.15, 0.2) is 28.8 Å². The van der Waals surface area contributed by atoms with Crippen molar-refractivity contribution in [2.45, 2.75) is 26.4 Å². The number of rotatable bonds is 9. The van der Waals surface area contributed by atoms with Gasteiger partial charge in [0.2, 0.25) is 5.82 Å². The van der Waals surface area contributed by atoms with Crippen molar-refractivity contribution < 1.29 is 23.5 Å². The number of amides is 1. The van der Waals surface area contributed by atoms with Gasteiger partial charge in [0.05, 0.1) is 24.1 Å². The Morgan fingerprint density at radius 2 is 2.06 bits per heavy atom. The van der Waals surface area contributed by atoms with Crippen molar-refractivity contribution in [1.29, 1.82) is 0 Å². The van der Waals surface area contributed by atoms with Crippen LogP contribution >= 0.6 is 0 Å². The molecule has 0 radical (unpaired) electrons. The molecule has 0 atom stereocenters. The highest BCUT2D eigenvalue weighted by Crippen LogP contribution is 2.28. The molecule has 1 aliphatic rings. The Balaban J connectivity index is 1.34. The number of nitrogens with zero attached hydrogens (tertiary/aromatic N) is 7. The minimum absolute atomic E-state index is 0.000612. The van der Waals surface area contributed by atoms with Crippen LogP contribution in [0.2, 0.25) is 0 Å². The Labute approximate surface area is 200 Å². The molecular weight excluding hydrogens is 454 g/mol. The van der Waals surface area contributed by atoms with Gasteiger partial charge in [-0.2, -0.15) is 4.52 Å². The number of methoxy groups -OCH3 is 2. The summed E-state index contributed by atoms with van der Waals surface area (Å²) in [6.07, 6.45) is 1.50. The number of ether oxygens (including phenoxy) is 3. The van der Waals surface area contributed by atoms with E-state index in [1.165, 1.54) is 11.6 Å². The molecule has 0 aliphatic carbocycles. The molecule has 0 saturated heterocycles. The molecule has 1 aliphatic heterocycles. The Kier molecular flexibility index (Phi) is 6.27. The van der Waals surface area contributed by atoms with Gasteiger partial charge in [0, 0.05) is 45.4 Å². The summed E-state index contributed by atoms with van der Waals surface area (Å²) < 4.78 is 23.2. The molecule has 12 heteroatoms. The van der Waals surface area contributed by atoms with Crippen molar-refractivity contribution >= 4 is 11.6 Å². The zero-order valence-corrected chi connectivity index (χ0v) is 19.7. The van der Waals surface area contributed by atoms with E-state index in [9.17, 15) is 4.79 Å². The van der Waals surface area contributed by atoms with Crippen LogP contribution in [-0.4, -0.2) is 74.7 Å². The van der Waals surface area contributed by atoms with Gasteiger partial charge in [-0.1, -0.05) is 5.16 Å². The lowest BCUT2D eigenvalue weighted by atomic mass is 10.0. The highest BCUT2D eigenvalue weighted by atomic mass is 16.5. The van der Waals surface area contributed by atoms with Gasteiger partial charge in [0.15, 0.2) is 17.1 Å². The zero-order valence-electron chi connectivity index (χ0n) is 19.7. The van der Waals surface area contributed by atoms with Gasteiger partial charge < -0.3 is 23.6 Å². The summed E-state index contributed by atoms with van der Waals surface area (Å²) in [7, 11) is 3.19. The number of aromatic nitrogens is 6. The zero-order chi connectivity index (χ0) is 24.4. The smallest absolute Gasteiger partial charge is 0.275 e. The van der Waals surface area contributed by atoms with E-state index in [0.717, 1.165) is 12.1 Å². The molecule has 0 aromatic carbocycles. The SMILES string of the molecule is COCCCN1CCc2nc(COc3nn4c(-c5cc(C)on5)nnc4cc3OC)ccc2C1=O. The van der Waals surface area contributed by atoms with Gasteiger partial charge in [-0.05, 0) is 25.5 Å². The molecule has 0 bridgehead atoms. The fraction of sp³-hybridized carbons (Fsp3) is 0.391. The summed E-state index contributed by atoms with van der Waals surface area (Å²) in [4.78, 5) is 19.3. The fourth-order valence-corrected chi connectivity index (χ4v) is 3.96. The van der Waals surface area contributed by atoms with E-state index in [4.69, 9.17) is 18.7 Å². The largest absolute Gasteiger partial charge is 0.491 e. The van der Waals surface area contributed by atoms with E-state index in [-0.39, 0.29) is 18.4 Å². The lowest BCUT2D eigenvalue weighted by molar-refractivity contribution is 0.0718. The van der Waals surface area contributed by atoms with Crippen molar-refractivity contribution in [3.8, 4) is 23.1 Å². The minimum atomic E-state index is -0.000612. The first-order chi connectivity index (χ1) is 17.1. The second-order valence-electron chi connectivity index (χ2n) is 8.11. The van der Waals surface area contributed by atoms with Gasteiger partial charge >= 0.3 is 0 Å². The first-order valence-electron chi connectivity index (χ1n) is 11.2. The first kappa shape index (κ1) is 22.7. The Bertz CT molecular complexity index is 1370. The average Bonchev–Trinajstić information content (AvgIpc) is 3.49. The monoisotopic (exact) mass is 479 g/mol. The van der Waals surface area contributed by atoms with Gasteiger partial charge in [-0.15, -0.1) is 15.3 Å². The second-order valence-corrected chi connectivity index (χ2v) is 8.11. The van der Waals surface area contributed by atoms with Crippen LogP contribution in [0.3, 0.4) is 0 Å². The van der Waals surface area contributed by atoms with Crippen molar-refractivity contribution in [3.05, 3.63) is 47.0 Å². The van der Waals surface area contributed by atoms with Crippen molar-refractivity contribution in [2.24, 2.45) is 0 Å². The normalized spacial score (nSPS) is 13.3. The van der Waals surface area contributed by atoms with Gasteiger partial charge in [0.1, 0.15) is 12.4 Å². The average molecular weight is 479 g/mol. The molecule has 5 heterocycles. The Morgan fingerprint density at radius 3 is 2.83 bits per heavy atom. The van der Waals surface area contributed by atoms with Crippen molar-refractivity contribution in [3.63, 3.8) is 0 Å². The number of carbonyl (C=O) groups is 1. The highest BCUT2D eigenvalue weighted by molar-refractivity contribution is 5.96. The lowest BCUT2D eigenvalue weighted by Gasteiger charge is -2.28. The van der Waals surface area contributed by atoms with E-state index >= 15 is 0 Å². The molecule has 0 unspecified atom stereocenters. The number of carbonyl (C=O) groups excluding carboxylic acids is 1. The molecule has 4 aromatic rings. The van der Waals surface area contributed by atoms with Gasteiger partial charge in [-0.25, -0.2) is 0 Å². The maximum atomic E-state index is 12.8. The highest BCUT2D eigenvalue weighted by Gasteiger charge is 2.25. The van der Waals surface area contributed by atoms with Crippen LogP contribution < -0.4 is 9.47 Å². The maximum Gasteiger partial charge on any atom is 0.275 e. The quantitative estimate of drug-likeness (QED) is 0.329. The van der Waals surface area contributed by atoms with Crippen LogP contribution in [-0.2, 0) is 17.8 Å². The lowest BCUT2D eigenvalue weighted by Crippen LogP contribution is -2.39. The predicted molar refractivity (Wildman–Crippen MR) is 122 cm³/mol. The molecular formula is C23H25N7O5. The number of fused-ring (bicyclic) bond motifs is 2. The predicted octanol–water partition coefficient (Wildman–Crippen LogP) is 2.11. The summed E-state index contributed by atoms with van der Waals surface area (Å²) in [5.74, 6) is 1.73. The van der Waals surface area contributed by atoms with Crippen molar-refractivity contribution in [1.82, 2.24) is 34.9 Å². The summed E-state index contributed by atoms with van der Waals surface area (Å²) in [6, 6.07) is 7.04. The topological polar surface area (TPSA) is 130 Å². The number of hydrogen-bond acceptors (Lipinski definition) is 10. The van der Waals surface area contributed by atoms with Crippen molar-refractivity contribution in [2.75, 3.05) is 33.9 Å². The molecule has 0 fully saturated rings. The van der Waals surface area contributed by atoms with E-state index < -0.39 is 0 Å². The second kappa shape index (κ2) is 9.66. The summed E-state index contributed by atoms with van der Waals surface area (Å²) >= 11 is 0. The van der Waals surface area contributed by atoms with Gasteiger partial charge in [-0.3, -0.25) is 9.78 Å². The number of aryl methyl sites for hydroxylation is 1. The van der Waals surface area contributed by atoms with E-state index in [2.05, 4.69) is 25.4 Å². The third kappa shape index (κ3) is 4.52. The van der Waals surface area contributed by atoms with Crippen LogP contribution in [0.4, 0.5) is 0 Å². The molecule has 5 rings (SSSR count). The fourth-order valence-electron chi connectivity index (χ4n) is 3.96. The van der Waals surface area contributed by atoms with E-state index in [1.54, 1.807) is 32.2 Å². The Morgan fingerprint density at radius 1 is 1.17 bits per heavy atom. The molecule has 0 spiro atoms. The number of hydrogen-bond donors (Lipinski definition) is 0. The van der Waals surface area contributed by atoms with Crippen LogP contribution in [0.25, 0.3) is 17.2 Å². The third-order valence-electron chi connectivity index (χ3n) is 5.70. The van der Waals surface area contributed by atoms with Crippen LogP contribution in [0, 0.1) is 6.92 Å². The standard InChI is InChI=1S/C23H25N7O5/c1-14-11-18(28-35-14)21-26-25-20-12-19(33-3)22(27-30(20)21)34-13-15-5-6-16-17(24-15)7-9-29(23(16)31)8-4-10-32-2/h5-6,11-12H,4,7-10,13H2,1-3H3. The van der Waals surface area contributed by atoms with Gasteiger partial charge in [0.25, 0.3) is 11.8 Å². The third-order valence-corrected chi connectivity index (χ3v) is 5.70. The molecule has 0 N–H and O–H groups in total.